The largest absolute Gasteiger partial charge is 0.419 e. The van der Waals surface area contributed by atoms with Gasteiger partial charge >= 0.3 is 6.18 Å². The summed E-state index contributed by atoms with van der Waals surface area (Å²) in [5, 5.41) is 10.4. The van der Waals surface area contributed by atoms with Gasteiger partial charge in [-0.2, -0.15) is 13.2 Å². The fourth-order valence-electron chi connectivity index (χ4n) is 3.98. The molecule has 0 bridgehead atoms. The lowest BCUT2D eigenvalue weighted by molar-refractivity contribution is -0.141. The first-order valence-electron chi connectivity index (χ1n) is 9.76. The number of carbonyl (C=O) groups excluding carboxylic acids is 1. The van der Waals surface area contributed by atoms with Crippen molar-refractivity contribution in [2.45, 2.75) is 19.1 Å². The van der Waals surface area contributed by atoms with Crippen molar-refractivity contribution >= 4 is 23.2 Å². The van der Waals surface area contributed by atoms with Gasteiger partial charge in [-0.05, 0) is 41.8 Å². The summed E-state index contributed by atoms with van der Waals surface area (Å²) in [4.78, 5) is 16.1. The molecule has 1 saturated heterocycles. The highest BCUT2D eigenvalue weighted by atomic mass is 19.4. The molecule has 0 saturated carbocycles. The second-order valence-electron chi connectivity index (χ2n) is 7.76. The van der Waals surface area contributed by atoms with Crippen LogP contribution in [0.1, 0.15) is 16.7 Å². The van der Waals surface area contributed by atoms with Gasteiger partial charge in [0.15, 0.2) is 5.96 Å². The lowest BCUT2D eigenvalue weighted by Crippen LogP contribution is -2.58. The Kier molecular flexibility index (Phi) is 5.24. The fourth-order valence-corrected chi connectivity index (χ4v) is 3.98. The van der Waals surface area contributed by atoms with E-state index < -0.39 is 17.6 Å². The number of likely N-dealkylation sites (tertiary alicyclic amines) is 1. The SMILES string of the molecule is N=C(N)N1CC(C(=O)N2CCc3c(cccc3Nc3ccc(C(F)(F)F)c(F)c3)C2)C1. The molecule has 2 aliphatic rings. The molecule has 4 rings (SSSR count). The molecule has 0 aromatic heterocycles. The average molecular weight is 435 g/mol. The predicted molar refractivity (Wildman–Crippen MR) is 107 cm³/mol. The van der Waals surface area contributed by atoms with Crippen molar-refractivity contribution in [2.75, 3.05) is 25.0 Å². The molecule has 0 spiro atoms. The topological polar surface area (TPSA) is 85.5 Å². The summed E-state index contributed by atoms with van der Waals surface area (Å²) in [7, 11) is 0. The number of carbonyl (C=O) groups is 1. The smallest absolute Gasteiger partial charge is 0.370 e. The number of nitrogens with one attached hydrogen (secondary N) is 2. The van der Waals surface area contributed by atoms with E-state index in [4.69, 9.17) is 11.1 Å². The van der Waals surface area contributed by atoms with Gasteiger partial charge in [0.05, 0.1) is 11.5 Å². The highest BCUT2D eigenvalue weighted by Crippen LogP contribution is 2.34. The van der Waals surface area contributed by atoms with Crippen LogP contribution in [0.3, 0.4) is 0 Å². The Morgan fingerprint density at radius 2 is 1.90 bits per heavy atom. The molecule has 31 heavy (non-hydrogen) atoms. The van der Waals surface area contributed by atoms with Crippen molar-refractivity contribution in [1.29, 1.82) is 5.41 Å². The summed E-state index contributed by atoms with van der Waals surface area (Å²) in [6.07, 6.45) is -4.18. The maximum Gasteiger partial charge on any atom is 0.419 e. The molecule has 164 valence electrons. The van der Waals surface area contributed by atoms with E-state index in [1.165, 1.54) is 6.07 Å². The molecule has 0 atom stereocenters. The Balaban J connectivity index is 1.47. The number of benzene rings is 2. The average Bonchev–Trinajstić information content (AvgIpc) is 2.65. The van der Waals surface area contributed by atoms with Crippen molar-refractivity contribution in [2.24, 2.45) is 11.7 Å². The van der Waals surface area contributed by atoms with Gasteiger partial charge in [0.25, 0.3) is 0 Å². The van der Waals surface area contributed by atoms with Crippen LogP contribution in [0, 0.1) is 17.1 Å². The maximum atomic E-state index is 13.9. The van der Waals surface area contributed by atoms with Gasteiger partial charge in [-0.25, -0.2) is 4.39 Å². The molecule has 2 aromatic rings. The molecule has 4 N–H and O–H groups in total. The lowest BCUT2D eigenvalue weighted by Gasteiger charge is -2.42. The zero-order valence-corrected chi connectivity index (χ0v) is 16.5. The van der Waals surface area contributed by atoms with Gasteiger partial charge in [-0.1, -0.05) is 12.1 Å². The number of amides is 1. The number of guanidine groups is 1. The summed E-state index contributed by atoms with van der Waals surface area (Å²) in [6, 6.07) is 8.21. The molecule has 1 amide bonds. The van der Waals surface area contributed by atoms with Crippen molar-refractivity contribution in [3.8, 4) is 0 Å². The Morgan fingerprint density at radius 3 is 2.55 bits per heavy atom. The third kappa shape index (κ3) is 4.14. The number of anilines is 2. The summed E-state index contributed by atoms with van der Waals surface area (Å²) in [5.41, 5.74) is 6.89. The third-order valence-electron chi connectivity index (χ3n) is 5.70. The molecule has 1 fully saturated rings. The molecule has 10 heteroatoms. The monoisotopic (exact) mass is 435 g/mol. The Morgan fingerprint density at radius 1 is 1.16 bits per heavy atom. The van der Waals surface area contributed by atoms with E-state index in [-0.39, 0.29) is 23.5 Å². The first kappa shape index (κ1) is 21.0. The quantitative estimate of drug-likeness (QED) is 0.392. The Labute approximate surface area is 176 Å². The van der Waals surface area contributed by atoms with Crippen LogP contribution in [0.5, 0.6) is 0 Å². The standard InChI is InChI=1S/C21H21F4N5O/c22-17-8-14(4-5-16(17)21(23,24)25)28-18-3-1-2-12-9-29(7-6-15(12)18)19(31)13-10-30(11-13)20(26)27/h1-5,8,13,28H,6-7,9-11H2,(H3,26,27). The van der Waals surface area contributed by atoms with Crippen molar-refractivity contribution in [1.82, 2.24) is 9.80 Å². The van der Waals surface area contributed by atoms with Crippen LogP contribution in [-0.2, 0) is 23.9 Å². The number of halogens is 4. The van der Waals surface area contributed by atoms with Gasteiger partial charge in [0.2, 0.25) is 5.91 Å². The van der Waals surface area contributed by atoms with Crippen LogP contribution < -0.4 is 11.1 Å². The lowest BCUT2D eigenvalue weighted by atomic mass is 9.94. The molecule has 2 heterocycles. The predicted octanol–water partition coefficient (Wildman–Crippen LogP) is 3.30. The zero-order valence-electron chi connectivity index (χ0n) is 16.5. The van der Waals surface area contributed by atoms with Crippen LogP contribution in [-0.4, -0.2) is 41.3 Å². The molecular weight excluding hydrogens is 414 g/mol. The van der Waals surface area contributed by atoms with E-state index >= 15 is 0 Å². The van der Waals surface area contributed by atoms with Gasteiger partial charge in [0.1, 0.15) is 5.82 Å². The van der Waals surface area contributed by atoms with Gasteiger partial charge in [0, 0.05) is 37.6 Å². The summed E-state index contributed by atoms with van der Waals surface area (Å²) in [5.74, 6) is -1.53. The van der Waals surface area contributed by atoms with E-state index in [1.54, 1.807) is 21.9 Å². The van der Waals surface area contributed by atoms with Crippen molar-refractivity contribution < 1.29 is 22.4 Å². The number of nitrogens with two attached hydrogens (primary N) is 1. The molecular formula is C21H21F4N5O. The number of hydrogen-bond acceptors (Lipinski definition) is 3. The number of alkyl halides is 3. The third-order valence-corrected chi connectivity index (χ3v) is 5.70. The molecule has 2 aliphatic heterocycles. The Hall–Kier alpha value is -3.30. The number of rotatable bonds is 3. The first-order chi connectivity index (χ1) is 14.6. The highest BCUT2D eigenvalue weighted by molar-refractivity contribution is 5.84. The van der Waals surface area contributed by atoms with E-state index in [9.17, 15) is 22.4 Å². The Bertz CT molecular complexity index is 1030. The summed E-state index contributed by atoms with van der Waals surface area (Å²) >= 11 is 0. The van der Waals surface area contributed by atoms with Crippen LogP contribution in [0.4, 0.5) is 28.9 Å². The first-order valence-corrected chi connectivity index (χ1v) is 9.76. The fraction of sp³-hybridized carbons (Fsp3) is 0.333. The minimum atomic E-state index is -4.74. The second-order valence-corrected chi connectivity index (χ2v) is 7.76. The van der Waals surface area contributed by atoms with Crippen molar-refractivity contribution in [3.05, 3.63) is 58.9 Å². The van der Waals surface area contributed by atoms with E-state index in [2.05, 4.69) is 5.32 Å². The van der Waals surface area contributed by atoms with Crippen LogP contribution in [0.15, 0.2) is 36.4 Å². The van der Waals surface area contributed by atoms with Gasteiger partial charge in [-0.3, -0.25) is 10.2 Å². The van der Waals surface area contributed by atoms with E-state index in [0.29, 0.717) is 38.3 Å². The van der Waals surface area contributed by atoms with Gasteiger partial charge in [-0.15, -0.1) is 0 Å². The minimum Gasteiger partial charge on any atom is -0.370 e. The molecule has 0 aliphatic carbocycles. The van der Waals surface area contributed by atoms with Crippen LogP contribution >= 0.6 is 0 Å². The zero-order chi connectivity index (χ0) is 22.3. The number of fused-ring (bicyclic) bond motifs is 1. The minimum absolute atomic E-state index is 0.0197. The second kappa shape index (κ2) is 7.75. The summed E-state index contributed by atoms with van der Waals surface area (Å²) in [6.45, 7) is 1.81. The van der Waals surface area contributed by atoms with Crippen molar-refractivity contribution in [3.63, 3.8) is 0 Å². The normalized spacial score (nSPS) is 16.5. The van der Waals surface area contributed by atoms with Crippen LogP contribution in [0.2, 0.25) is 0 Å². The molecule has 2 aromatic carbocycles. The van der Waals surface area contributed by atoms with Crippen LogP contribution in [0.25, 0.3) is 0 Å². The van der Waals surface area contributed by atoms with Gasteiger partial charge < -0.3 is 20.9 Å². The van der Waals surface area contributed by atoms with E-state index in [0.717, 1.165) is 23.3 Å². The highest BCUT2D eigenvalue weighted by Gasteiger charge is 2.37. The maximum absolute atomic E-state index is 13.9. The number of hydrogen-bond donors (Lipinski definition) is 3. The summed E-state index contributed by atoms with van der Waals surface area (Å²) < 4.78 is 52.2. The molecule has 0 radical (unpaired) electrons. The molecule has 0 unspecified atom stereocenters. The van der Waals surface area contributed by atoms with E-state index in [1.807, 2.05) is 6.07 Å². The number of nitrogens with zero attached hydrogens (tertiary/aromatic N) is 2. The molecule has 6 nitrogen and oxygen atoms in total.